The molecule has 0 bridgehead atoms. The quantitative estimate of drug-likeness (QED) is 0.298. The van der Waals surface area contributed by atoms with Gasteiger partial charge in [-0.2, -0.15) is 0 Å². The van der Waals surface area contributed by atoms with E-state index < -0.39 is 0 Å². The Hall–Kier alpha value is -0.540. The predicted molar refractivity (Wildman–Crippen MR) is 44.9 cm³/mol. The van der Waals surface area contributed by atoms with Gasteiger partial charge in [-0.3, -0.25) is 4.79 Å². The Balaban J connectivity index is 3.57. The van der Waals surface area contributed by atoms with Crippen LogP contribution in [0.3, 0.4) is 0 Å². The number of nitrogens with zero attached hydrogens (tertiary/aromatic N) is 1. The molecule has 0 heterocycles. The molecule has 0 radical (unpaired) electrons. The first-order valence-electron chi connectivity index (χ1n) is 2.79. The lowest BCUT2D eigenvalue weighted by Gasteiger charge is -1.92. The Bertz CT molecular complexity index is 185. The Morgan fingerprint density at radius 2 is 2.27 bits per heavy atom. The van der Waals surface area contributed by atoms with Crippen LogP contribution < -0.4 is 0 Å². The summed E-state index contributed by atoms with van der Waals surface area (Å²) >= 11 is 10.5. The Morgan fingerprint density at radius 1 is 1.64 bits per heavy atom. The Kier molecular flexibility index (Phi) is 5.88. The zero-order chi connectivity index (χ0) is 8.69. The minimum atomic E-state index is 0.115. The summed E-state index contributed by atoms with van der Waals surface area (Å²) in [5.41, 5.74) is 0.268. The van der Waals surface area contributed by atoms with Gasteiger partial charge in [0.2, 0.25) is 0 Å². The van der Waals surface area contributed by atoms with Crippen LogP contribution in [0.2, 0.25) is 0 Å². The van der Waals surface area contributed by atoms with Crippen molar-refractivity contribution in [2.45, 2.75) is 6.92 Å². The van der Waals surface area contributed by atoms with Gasteiger partial charge < -0.3 is 4.84 Å². The normalized spacial score (nSPS) is 10.6. The number of oxime groups is 1. The van der Waals surface area contributed by atoms with Gasteiger partial charge in [0, 0.05) is 0 Å². The second-order valence-corrected chi connectivity index (χ2v) is 2.65. The topological polar surface area (TPSA) is 38.7 Å². The van der Waals surface area contributed by atoms with Crippen molar-refractivity contribution in [3.63, 3.8) is 0 Å². The number of aldehydes is 1. The van der Waals surface area contributed by atoms with Crippen LogP contribution in [0.25, 0.3) is 0 Å². The molecule has 0 N–H and O–H groups in total. The van der Waals surface area contributed by atoms with E-state index in [9.17, 15) is 4.79 Å². The van der Waals surface area contributed by atoms with Crippen LogP contribution in [0.5, 0.6) is 0 Å². The third kappa shape index (κ3) is 7.36. The molecule has 11 heavy (non-hydrogen) atoms. The highest BCUT2D eigenvalue weighted by atomic mass is 35.5. The summed E-state index contributed by atoms with van der Waals surface area (Å²) in [4.78, 5) is 14.6. The number of carbonyl (C=O) groups is 1. The zero-order valence-electron chi connectivity index (χ0n) is 5.88. The molecule has 0 amide bonds. The monoisotopic (exact) mass is 195 g/mol. The third-order valence-corrected chi connectivity index (χ3v) is 1.000. The van der Waals surface area contributed by atoms with Crippen LogP contribution >= 0.6 is 23.2 Å². The van der Waals surface area contributed by atoms with Crippen LogP contribution in [0.1, 0.15) is 6.92 Å². The van der Waals surface area contributed by atoms with Gasteiger partial charge in [-0.25, -0.2) is 0 Å². The summed E-state index contributed by atoms with van der Waals surface area (Å²) < 4.78 is 0.115. The van der Waals surface area contributed by atoms with E-state index in [1.54, 1.807) is 0 Å². The van der Waals surface area contributed by atoms with Crippen LogP contribution in [-0.4, -0.2) is 18.6 Å². The van der Waals surface area contributed by atoms with Crippen LogP contribution in [0, 0.1) is 0 Å². The SMILES string of the molecule is CC(C=O)=NOCC=C(Cl)Cl. The fourth-order valence-corrected chi connectivity index (χ4v) is 0.387. The fourth-order valence-electron chi connectivity index (χ4n) is 0.261. The van der Waals surface area contributed by atoms with Gasteiger partial charge in [-0.05, 0) is 13.0 Å². The predicted octanol–water partition coefficient (Wildman–Crippen LogP) is 1.90. The summed E-state index contributed by atoms with van der Waals surface area (Å²) in [5, 5.41) is 3.40. The van der Waals surface area contributed by atoms with E-state index in [-0.39, 0.29) is 16.8 Å². The van der Waals surface area contributed by atoms with E-state index in [2.05, 4.69) is 9.99 Å². The average molecular weight is 196 g/mol. The second kappa shape index (κ2) is 6.19. The molecule has 0 aliphatic rings. The van der Waals surface area contributed by atoms with Crippen molar-refractivity contribution in [1.82, 2.24) is 0 Å². The highest BCUT2D eigenvalue weighted by Gasteiger charge is 1.86. The lowest BCUT2D eigenvalue weighted by molar-refractivity contribution is -0.102. The molecule has 62 valence electrons. The summed E-state index contributed by atoms with van der Waals surface area (Å²) in [6, 6.07) is 0. The van der Waals surface area contributed by atoms with Crippen molar-refractivity contribution in [3.05, 3.63) is 10.6 Å². The lowest BCUT2D eigenvalue weighted by Crippen LogP contribution is -1.93. The molecule has 3 nitrogen and oxygen atoms in total. The van der Waals surface area contributed by atoms with Gasteiger partial charge in [0.25, 0.3) is 0 Å². The number of hydrogen-bond donors (Lipinski definition) is 0. The number of rotatable bonds is 4. The molecule has 0 spiro atoms. The molecule has 0 atom stereocenters. The summed E-state index contributed by atoms with van der Waals surface area (Å²) in [7, 11) is 0. The highest BCUT2D eigenvalue weighted by molar-refractivity contribution is 6.55. The lowest BCUT2D eigenvalue weighted by atomic mass is 10.5. The fraction of sp³-hybridized carbons (Fsp3) is 0.333. The molecular formula is C6H7Cl2NO2. The first kappa shape index (κ1) is 10.5. The Morgan fingerprint density at radius 3 is 2.73 bits per heavy atom. The molecule has 0 aromatic carbocycles. The first-order valence-corrected chi connectivity index (χ1v) is 3.55. The maximum absolute atomic E-state index is 9.95. The van der Waals surface area contributed by atoms with E-state index in [1.165, 1.54) is 13.0 Å². The van der Waals surface area contributed by atoms with E-state index >= 15 is 0 Å². The molecule has 5 heteroatoms. The molecule has 0 aliphatic carbocycles. The van der Waals surface area contributed by atoms with Crippen molar-refractivity contribution in [2.24, 2.45) is 5.16 Å². The van der Waals surface area contributed by atoms with Gasteiger partial charge in [0.15, 0.2) is 6.29 Å². The molecule has 0 aromatic rings. The smallest absolute Gasteiger partial charge is 0.167 e. The molecule has 0 saturated carbocycles. The van der Waals surface area contributed by atoms with Crippen LogP contribution in [0.15, 0.2) is 15.7 Å². The van der Waals surface area contributed by atoms with E-state index in [4.69, 9.17) is 23.2 Å². The standard InChI is InChI=1S/C6H7Cl2NO2/c1-5(4-10)9-11-3-2-6(7)8/h2,4H,3H2,1H3. The zero-order valence-corrected chi connectivity index (χ0v) is 7.39. The molecule has 0 fully saturated rings. The van der Waals surface area contributed by atoms with Gasteiger partial charge in [-0.1, -0.05) is 28.4 Å². The maximum atomic E-state index is 9.95. The minimum Gasteiger partial charge on any atom is -0.391 e. The third-order valence-electron chi connectivity index (χ3n) is 0.691. The van der Waals surface area contributed by atoms with Crippen molar-refractivity contribution in [2.75, 3.05) is 6.61 Å². The van der Waals surface area contributed by atoms with Gasteiger partial charge in [0.1, 0.15) is 16.8 Å². The molecular weight excluding hydrogens is 189 g/mol. The molecule has 0 aromatic heterocycles. The molecule has 0 saturated heterocycles. The number of hydrogen-bond acceptors (Lipinski definition) is 3. The Labute approximate surface area is 74.6 Å². The van der Waals surface area contributed by atoms with Crippen molar-refractivity contribution < 1.29 is 9.63 Å². The van der Waals surface area contributed by atoms with Gasteiger partial charge in [-0.15, -0.1) is 0 Å². The summed E-state index contributed by atoms with van der Waals surface area (Å²) in [5.74, 6) is 0. The average Bonchev–Trinajstić information content (AvgIpc) is 1.97. The first-order chi connectivity index (χ1) is 5.16. The molecule has 0 aliphatic heterocycles. The second-order valence-electron chi connectivity index (χ2n) is 1.64. The van der Waals surface area contributed by atoms with Crippen LogP contribution in [-0.2, 0) is 9.63 Å². The minimum absolute atomic E-state index is 0.115. The van der Waals surface area contributed by atoms with E-state index in [0.717, 1.165) is 0 Å². The summed E-state index contributed by atoms with van der Waals surface area (Å²) in [6.07, 6.45) is 2.01. The van der Waals surface area contributed by atoms with Gasteiger partial charge >= 0.3 is 0 Å². The van der Waals surface area contributed by atoms with E-state index in [1.807, 2.05) is 0 Å². The van der Waals surface area contributed by atoms with Crippen molar-refractivity contribution >= 4 is 35.2 Å². The van der Waals surface area contributed by atoms with E-state index in [0.29, 0.717) is 6.29 Å². The summed E-state index contributed by atoms with van der Waals surface area (Å²) in [6.45, 7) is 1.69. The maximum Gasteiger partial charge on any atom is 0.167 e. The largest absolute Gasteiger partial charge is 0.391 e. The number of carbonyl (C=O) groups excluding carboxylic acids is 1. The van der Waals surface area contributed by atoms with Crippen molar-refractivity contribution in [3.8, 4) is 0 Å². The molecule has 0 rings (SSSR count). The highest BCUT2D eigenvalue weighted by Crippen LogP contribution is 2.04. The van der Waals surface area contributed by atoms with Crippen molar-refractivity contribution in [1.29, 1.82) is 0 Å². The van der Waals surface area contributed by atoms with Gasteiger partial charge in [0.05, 0.1) is 0 Å². The number of halogens is 2. The molecule has 0 unspecified atom stereocenters. The van der Waals surface area contributed by atoms with Crippen LogP contribution in [0.4, 0.5) is 0 Å².